The summed E-state index contributed by atoms with van der Waals surface area (Å²) in [5.74, 6) is 1.35. The molecule has 110 valence electrons. The van der Waals surface area contributed by atoms with E-state index in [0.29, 0.717) is 31.9 Å². The molecular weight excluding hydrogens is 337 g/mol. The second-order valence-electron chi connectivity index (χ2n) is 4.78. The lowest BCUT2D eigenvalue weighted by atomic mass is 10.1. The van der Waals surface area contributed by atoms with Crippen molar-refractivity contribution < 1.29 is 13.9 Å². The molecule has 0 aromatic heterocycles. The number of hydrogen-bond donors (Lipinski definition) is 1. The minimum atomic E-state index is -0.208. The summed E-state index contributed by atoms with van der Waals surface area (Å²) in [6.07, 6.45) is 0. The molecule has 0 atom stereocenters. The van der Waals surface area contributed by atoms with Gasteiger partial charge in [0.2, 0.25) is 0 Å². The monoisotopic (exact) mass is 351 g/mol. The third-order valence-electron chi connectivity index (χ3n) is 3.29. The van der Waals surface area contributed by atoms with Crippen LogP contribution in [0.15, 0.2) is 40.9 Å². The Kier molecular flexibility index (Phi) is 4.41. The van der Waals surface area contributed by atoms with Crippen LogP contribution in [0, 0.1) is 5.82 Å². The van der Waals surface area contributed by atoms with E-state index in [2.05, 4.69) is 21.2 Å². The quantitative estimate of drug-likeness (QED) is 0.911. The third kappa shape index (κ3) is 3.36. The predicted molar refractivity (Wildman–Crippen MR) is 82.1 cm³/mol. The lowest BCUT2D eigenvalue weighted by molar-refractivity contribution is 0.169. The van der Waals surface area contributed by atoms with E-state index in [0.717, 1.165) is 21.5 Å². The fraction of sp³-hybridized carbons (Fsp3) is 0.250. The smallest absolute Gasteiger partial charge is 0.165 e. The van der Waals surface area contributed by atoms with Crippen LogP contribution in [-0.4, -0.2) is 13.2 Å². The Morgan fingerprint density at radius 3 is 2.76 bits per heavy atom. The summed E-state index contributed by atoms with van der Waals surface area (Å²) in [6, 6.07) is 10.7. The Labute approximate surface area is 131 Å². The summed E-state index contributed by atoms with van der Waals surface area (Å²) in [5, 5.41) is 3.24. The van der Waals surface area contributed by atoms with E-state index in [9.17, 15) is 4.39 Å². The highest BCUT2D eigenvalue weighted by Crippen LogP contribution is 2.33. The van der Waals surface area contributed by atoms with Gasteiger partial charge in [-0.15, -0.1) is 0 Å². The van der Waals surface area contributed by atoms with Crippen molar-refractivity contribution >= 4 is 15.9 Å². The first-order valence-electron chi connectivity index (χ1n) is 6.76. The zero-order valence-corrected chi connectivity index (χ0v) is 13.0. The van der Waals surface area contributed by atoms with Gasteiger partial charge in [0, 0.05) is 28.7 Å². The number of halogens is 2. The van der Waals surface area contributed by atoms with E-state index in [1.807, 2.05) is 18.2 Å². The van der Waals surface area contributed by atoms with E-state index in [-0.39, 0.29) is 5.82 Å². The molecule has 1 aliphatic heterocycles. The largest absolute Gasteiger partial charge is 0.486 e. The molecule has 1 N–H and O–H groups in total. The molecule has 0 radical (unpaired) electrons. The van der Waals surface area contributed by atoms with E-state index >= 15 is 0 Å². The Bertz CT molecular complexity index is 648. The average molecular weight is 352 g/mol. The Balaban J connectivity index is 1.67. The first-order chi connectivity index (χ1) is 10.2. The van der Waals surface area contributed by atoms with Crippen molar-refractivity contribution in [2.75, 3.05) is 13.2 Å². The molecular formula is C16H15BrFNO2. The lowest BCUT2D eigenvalue weighted by Gasteiger charge is -2.21. The number of hydrogen-bond acceptors (Lipinski definition) is 3. The molecule has 5 heteroatoms. The Morgan fingerprint density at radius 1 is 1.05 bits per heavy atom. The number of fused-ring (bicyclic) bond motifs is 1. The maximum absolute atomic E-state index is 13.7. The van der Waals surface area contributed by atoms with Gasteiger partial charge in [-0.05, 0) is 24.3 Å². The standard InChI is InChI=1S/C16H15BrFNO2/c17-13-4-5-14(18)12(8-13)10-19-9-11-2-1-3-15-16(11)21-7-6-20-15/h1-5,8,19H,6-7,9-10H2. The highest BCUT2D eigenvalue weighted by Gasteiger charge is 2.15. The lowest BCUT2D eigenvalue weighted by Crippen LogP contribution is -2.19. The van der Waals surface area contributed by atoms with Crippen molar-refractivity contribution in [2.24, 2.45) is 0 Å². The maximum Gasteiger partial charge on any atom is 0.165 e. The fourth-order valence-corrected chi connectivity index (χ4v) is 2.69. The van der Waals surface area contributed by atoms with Crippen LogP contribution in [0.1, 0.15) is 11.1 Å². The van der Waals surface area contributed by atoms with Crippen LogP contribution in [0.3, 0.4) is 0 Å². The second-order valence-corrected chi connectivity index (χ2v) is 5.70. The topological polar surface area (TPSA) is 30.5 Å². The minimum absolute atomic E-state index is 0.208. The van der Waals surface area contributed by atoms with Crippen LogP contribution < -0.4 is 14.8 Å². The van der Waals surface area contributed by atoms with Gasteiger partial charge in [0.1, 0.15) is 19.0 Å². The zero-order valence-electron chi connectivity index (χ0n) is 11.4. The van der Waals surface area contributed by atoms with E-state index in [1.54, 1.807) is 12.1 Å². The SMILES string of the molecule is Fc1ccc(Br)cc1CNCc1cccc2c1OCCO2. The average Bonchev–Trinajstić information content (AvgIpc) is 2.51. The molecule has 0 bridgehead atoms. The molecule has 2 aromatic rings. The first kappa shape index (κ1) is 14.4. The third-order valence-corrected chi connectivity index (χ3v) is 3.78. The van der Waals surface area contributed by atoms with E-state index in [4.69, 9.17) is 9.47 Å². The van der Waals surface area contributed by atoms with Gasteiger partial charge < -0.3 is 14.8 Å². The summed E-state index contributed by atoms with van der Waals surface area (Å²) in [6.45, 7) is 2.19. The van der Waals surface area contributed by atoms with Crippen molar-refractivity contribution in [1.82, 2.24) is 5.32 Å². The van der Waals surface area contributed by atoms with Gasteiger partial charge in [-0.25, -0.2) is 4.39 Å². The Hall–Kier alpha value is -1.59. The summed E-state index contributed by atoms with van der Waals surface area (Å²) in [7, 11) is 0. The van der Waals surface area contributed by atoms with Crippen molar-refractivity contribution in [3.8, 4) is 11.5 Å². The van der Waals surface area contributed by atoms with Gasteiger partial charge in [-0.2, -0.15) is 0 Å². The molecule has 1 heterocycles. The number of nitrogens with one attached hydrogen (secondary N) is 1. The zero-order chi connectivity index (χ0) is 14.7. The molecule has 1 aliphatic rings. The molecule has 0 saturated heterocycles. The van der Waals surface area contributed by atoms with Crippen LogP contribution in [0.5, 0.6) is 11.5 Å². The molecule has 3 nitrogen and oxygen atoms in total. The molecule has 2 aromatic carbocycles. The number of rotatable bonds is 4. The van der Waals surface area contributed by atoms with Gasteiger partial charge in [-0.3, -0.25) is 0 Å². The van der Waals surface area contributed by atoms with Crippen molar-refractivity contribution in [1.29, 1.82) is 0 Å². The molecule has 3 rings (SSSR count). The van der Waals surface area contributed by atoms with Crippen molar-refractivity contribution in [3.63, 3.8) is 0 Å². The number of para-hydroxylation sites is 1. The first-order valence-corrected chi connectivity index (χ1v) is 7.55. The van der Waals surface area contributed by atoms with Crippen LogP contribution in [-0.2, 0) is 13.1 Å². The van der Waals surface area contributed by atoms with E-state index < -0.39 is 0 Å². The fourth-order valence-electron chi connectivity index (χ4n) is 2.28. The molecule has 0 spiro atoms. The normalized spacial score (nSPS) is 13.2. The summed E-state index contributed by atoms with van der Waals surface area (Å²) >= 11 is 3.35. The van der Waals surface area contributed by atoms with Crippen LogP contribution in [0.2, 0.25) is 0 Å². The minimum Gasteiger partial charge on any atom is -0.486 e. The number of benzene rings is 2. The predicted octanol–water partition coefficient (Wildman–Crippen LogP) is 3.65. The number of ether oxygens (including phenoxy) is 2. The molecule has 0 aliphatic carbocycles. The Morgan fingerprint density at radius 2 is 1.86 bits per heavy atom. The van der Waals surface area contributed by atoms with Crippen LogP contribution in [0.4, 0.5) is 4.39 Å². The van der Waals surface area contributed by atoms with Crippen LogP contribution in [0.25, 0.3) is 0 Å². The van der Waals surface area contributed by atoms with Crippen molar-refractivity contribution in [2.45, 2.75) is 13.1 Å². The molecule has 0 amide bonds. The van der Waals surface area contributed by atoms with Gasteiger partial charge in [-0.1, -0.05) is 28.1 Å². The molecule has 21 heavy (non-hydrogen) atoms. The molecule has 0 saturated carbocycles. The van der Waals surface area contributed by atoms with Gasteiger partial charge in [0.15, 0.2) is 11.5 Å². The van der Waals surface area contributed by atoms with Crippen LogP contribution >= 0.6 is 15.9 Å². The summed E-state index contributed by atoms with van der Waals surface area (Å²) < 4.78 is 25.7. The van der Waals surface area contributed by atoms with Gasteiger partial charge in [0.05, 0.1) is 0 Å². The second kappa shape index (κ2) is 6.45. The summed E-state index contributed by atoms with van der Waals surface area (Å²) in [5.41, 5.74) is 1.65. The van der Waals surface area contributed by atoms with Crippen molar-refractivity contribution in [3.05, 3.63) is 57.8 Å². The maximum atomic E-state index is 13.7. The highest BCUT2D eigenvalue weighted by atomic mass is 79.9. The van der Waals surface area contributed by atoms with Gasteiger partial charge >= 0.3 is 0 Å². The molecule has 0 unspecified atom stereocenters. The highest BCUT2D eigenvalue weighted by molar-refractivity contribution is 9.10. The van der Waals surface area contributed by atoms with Gasteiger partial charge in [0.25, 0.3) is 0 Å². The molecule has 0 fully saturated rings. The summed E-state index contributed by atoms with van der Waals surface area (Å²) in [4.78, 5) is 0. The van der Waals surface area contributed by atoms with E-state index in [1.165, 1.54) is 6.07 Å².